The zero-order valence-corrected chi connectivity index (χ0v) is 33.3. The monoisotopic (exact) mass is 718 g/mol. The summed E-state index contributed by atoms with van der Waals surface area (Å²) in [5.41, 5.74) is 0. The number of carbonyl (C=O) groups is 3. The zero-order valence-electron chi connectivity index (χ0n) is 33.3. The number of unbranched alkanes of at least 4 members (excludes halogenated alkanes) is 15. The van der Waals surface area contributed by atoms with Crippen LogP contribution in [0.3, 0.4) is 0 Å². The molecule has 0 aromatic heterocycles. The summed E-state index contributed by atoms with van der Waals surface area (Å²) < 4.78 is 17.0. The Morgan fingerprint density at radius 1 is 0.588 bits per heavy atom. The van der Waals surface area contributed by atoms with Gasteiger partial charge in [0.25, 0.3) is 0 Å². The predicted octanol–water partition coefficient (Wildman–Crippen LogP) is 9.13. The van der Waals surface area contributed by atoms with Gasteiger partial charge in [-0.05, 0) is 57.8 Å². The number of nitrogens with zero attached hydrogens (tertiary/aromatic N) is 1. The molecule has 0 aromatic rings. The molecule has 0 aromatic carbocycles. The van der Waals surface area contributed by atoms with E-state index in [2.05, 4.69) is 62.5 Å². The molecule has 0 aliphatic heterocycles. The Kier molecular flexibility index (Phi) is 32.6. The molecule has 0 rings (SSSR count). The number of hydrogen-bond donors (Lipinski definition) is 0. The van der Waals surface area contributed by atoms with Crippen LogP contribution in [0.15, 0.2) is 48.6 Å². The van der Waals surface area contributed by atoms with Crippen molar-refractivity contribution in [1.82, 2.24) is 0 Å². The summed E-state index contributed by atoms with van der Waals surface area (Å²) in [4.78, 5) is 36.6. The number of ether oxygens (including phenoxy) is 3. The number of esters is 2. The number of aliphatic carboxylic acids is 1. The van der Waals surface area contributed by atoms with Gasteiger partial charge in [0.1, 0.15) is 12.6 Å². The standard InChI is InChI=1S/C43H75NO7/c1-6-8-10-12-14-16-17-18-19-20-21-22-23-24-26-28-30-32-34-42(46)51-39(37-49-36-35-40(43(47)48)44(3,4)5)38-50-41(45)33-31-29-27-25-15-13-11-9-7-2/h17-22,25,27,39-40H,6-16,23-24,26,28-38H2,1-5H3/b18-17+,20-19+,22-21+,27-25+. The first-order valence-electron chi connectivity index (χ1n) is 20.2. The SMILES string of the molecule is CCCCCC/C=C/CCCC(=O)OCC(COCCC(C(=O)[O-])[N+](C)(C)C)OC(=O)CCCCCCC/C=C/C=C/C=C/CCCCCCC. The van der Waals surface area contributed by atoms with Crippen LogP contribution in [-0.4, -0.2) is 75.5 Å². The van der Waals surface area contributed by atoms with E-state index in [1.54, 1.807) is 21.1 Å². The van der Waals surface area contributed by atoms with Gasteiger partial charge in [-0.3, -0.25) is 9.59 Å². The van der Waals surface area contributed by atoms with Crippen molar-refractivity contribution in [2.24, 2.45) is 0 Å². The number of carbonyl (C=O) groups excluding carboxylic acids is 3. The van der Waals surface area contributed by atoms with Gasteiger partial charge in [0.05, 0.1) is 40.3 Å². The average Bonchev–Trinajstić information content (AvgIpc) is 3.08. The van der Waals surface area contributed by atoms with Crippen LogP contribution in [0.25, 0.3) is 0 Å². The molecule has 51 heavy (non-hydrogen) atoms. The summed E-state index contributed by atoms with van der Waals surface area (Å²) in [6.07, 6.45) is 38.6. The Balaban J connectivity index is 4.44. The minimum atomic E-state index is -1.13. The van der Waals surface area contributed by atoms with Gasteiger partial charge in [-0.2, -0.15) is 0 Å². The van der Waals surface area contributed by atoms with Crippen molar-refractivity contribution in [1.29, 1.82) is 0 Å². The number of rotatable bonds is 35. The van der Waals surface area contributed by atoms with Gasteiger partial charge in [0, 0.05) is 19.3 Å². The van der Waals surface area contributed by atoms with Crippen LogP contribution < -0.4 is 5.11 Å². The van der Waals surface area contributed by atoms with Crippen molar-refractivity contribution in [2.75, 3.05) is 41.0 Å². The lowest BCUT2D eigenvalue weighted by Crippen LogP contribution is -2.55. The van der Waals surface area contributed by atoms with Gasteiger partial charge in [0.2, 0.25) is 0 Å². The maximum absolute atomic E-state index is 12.7. The summed E-state index contributed by atoms with van der Waals surface area (Å²) in [7, 11) is 5.38. The van der Waals surface area contributed by atoms with Gasteiger partial charge in [-0.1, -0.05) is 127 Å². The van der Waals surface area contributed by atoms with Crippen molar-refractivity contribution in [2.45, 2.75) is 167 Å². The van der Waals surface area contributed by atoms with Crippen LogP contribution in [0.5, 0.6) is 0 Å². The third-order valence-corrected chi connectivity index (χ3v) is 8.75. The Morgan fingerprint density at radius 3 is 1.65 bits per heavy atom. The molecule has 0 heterocycles. The third kappa shape index (κ3) is 32.9. The van der Waals surface area contributed by atoms with E-state index in [-0.39, 0.29) is 42.7 Å². The van der Waals surface area contributed by atoms with E-state index < -0.39 is 18.1 Å². The molecule has 0 saturated heterocycles. The number of hydrogen-bond acceptors (Lipinski definition) is 7. The molecule has 0 bridgehead atoms. The molecule has 0 saturated carbocycles. The molecule has 0 aliphatic rings. The molecule has 2 unspecified atom stereocenters. The summed E-state index contributed by atoms with van der Waals surface area (Å²) >= 11 is 0. The topological polar surface area (TPSA) is 102 Å². The van der Waals surface area contributed by atoms with Crippen LogP contribution in [0, 0.1) is 0 Å². The minimum Gasteiger partial charge on any atom is -0.544 e. The van der Waals surface area contributed by atoms with Gasteiger partial charge >= 0.3 is 11.9 Å². The normalized spacial score (nSPS) is 13.5. The molecule has 0 amide bonds. The Hall–Kier alpha value is -2.71. The molecule has 0 aliphatic carbocycles. The van der Waals surface area contributed by atoms with Crippen LogP contribution in [0.2, 0.25) is 0 Å². The molecule has 294 valence electrons. The molecule has 8 heteroatoms. The lowest BCUT2D eigenvalue weighted by molar-refractivity contribution is -0.889. The highest BCUT2D eigenvalue weighted by atomic mass is 16.6. The molecule has 0 N–H and O–H groups in total. The molecule has 0 fully saturated rings. The minimum absolute atomic E-state index is 0.0226. The first-order chi connectivity index (χ1) is 24.6. The largest absolute Gasteiger partial charge is 0.544 e. The quantitative estimate of drug-likeness (QED) is 0.0212. The van der Waals surface area contributed by atoms with E-state index in [0.29, 0.717) is 19.3 Å². The molecule has 2 atom stereocenters. The van der Waals surface area contributed by atoms with Crippen molar-refractivity contribution in [3.63, 3.8) is 0 Å². The van der Waals surface area contributed by atoms with Crippen LogP contribution in [0.4, 0.5) is 0 Å². The summed E-state index contributed by atoms with van der Waals surface area (Å²) in [6.45, 7) is 4.54. The lowest BCUT2D eigenvalue weighted by Gasteiger charge is -2.34. The highest BCUT2D eigenvalue weighted by Gasteiger charge is 2.25. The highest BCUT2D eigenvalue weighted by Crippen LogP contribution is 2.12. The number of carboxylic acid groups (broad SMARTS) is 1. The van der Waals surface area contributed by atoms with Crippen LogP contribution in [0.1, 0.15) is 155 Å². The lowest BCUT2D eigenvalue weighted by atomic mass is 10.1. The predicted molar refractivity (Wildman–Crippen MR) is 208 cm³/mol. The fourth-order valence-electron chi connectivity index (χ4n) is 5.54. The van der Waals surface area contributed by atoms with Gasteiger partial charge in [-0.25, -0.2) is 0 Å². The molecular formula is C43H75NO7. The van der Waals surface area contributed by atoms with Gasteiger partial charge in [-0.15, -0.1) is 0 Å². The van der Waals surface area contributed by atoms with Gasteiger partial charge < -0.3 is 28.6 Å². The van der Waals surface area contributed by atoms with E-state index in [4.69, 9.17) is 14.2 Å². The molecule has 8 nitrogen and oxygen atoms in total. The van der Waals surface area contributed by atoms with Crippen LogP contribution in [-0.2, 0) is 28.6 Å². The molecule has 0 radical (unpaired) electrons. The fourth-order valence-corrected chi connectivity index (χ4v) is 5.54. The number of allylic oxidation sites excluding steroid dienone is 8. The van der Waals surface area contributed by atoms with Crippen molar-refractivity contribution in [3.05, 3.63) is 48.6 Å². The number of likely N-dealkylation sites (N-methyl/N-ethyl adjacent to an activating group) is 1. The third-order valence-electron chi connectivity index (χ3n) is 8.75. The second-order valence-corrected chi connectivity index (χ2v) is 14.6. The Morgan fingerprint density at radius 2 is 1.08 bits per heavy atom. The van der Waals surface area contributed by atoms with E-state index in [0.717, 1.165) is 57.8 Å². The van der Waals surface area contributed by atoms with Crippen molar-refractivity contribution < 1.29 is 38.2 Å². The zero-order chi connectivity index (χ0) is 37.8. The van der Waals surface area contributed by atoms with E-state index >= 15 is 0 Å². The molecule has 0 spiro atoms. The fraction of sp³-hybridized carbons (Fsp3) is 0.744. The van der Waals surface area contributed by atoms with E-state index in [1.807, 2.05) is 0 Å². The summed E-state index contributed by atoms with van der Waals surface area (Å²) in [6, 6.07) is -0.732. The van der Waals surface area contributed by atoms with Crippen LogP contribution >= 0.6 is 0 Å². The Labute approximate surface area is 312 Å². The van der Waals surface area contributed by atoms with Gasteiger partial charge in [0.15, 0.2) is 6.10 Å². The number of carboxylic acids is 1. The second-order valence-electron chi connectivity index (χ2n) is 14.6. The Bertz CT molecular complexity index is 979. The summed E-state index contributed by atoms with van der Waals surface area (Å²) in [5, 5.41) is 11.6. The summed E-state index contributed by atoms with van der Waals surface area (Å²) in [5.74, 6) is -1.81. The maximum atomic E-state index is 12.7. The number of quaternary nitrogens is 1. The highest BCUT2D eigenvalue weighted by molar-refractivity contribution is 5.70. The first-order valence-corrected chi connectivity index (χ1v) is 20.2. The van der Waals surface area contributed by atoms with E-state index in [1.165, 1.54) is 57.8 Å². The molecular weight excluding hydrogens is 642 g/mol. The maximum Gasteiger partial charge on any atom is 0.306 e. The first kappa shape index (κ1) is 48.3. The average molecular weight is 718 g/mol. The van der Waals surface area contributed by atoms with Crippen molar-refractivity contribution in [3.8, 4) is 0 Å². The van der Waals surface area contributed by atoms with E-state index in [9.17, 15) is 19.5 Å². The second kappa shape index (κ2) is 34.4. The smallest absolute Gasteiger partial charge is 0.306 e. The van der Waals surface area contributed by atoms with Crippen molar-refractivity contribution >= 4 is 17.9 Å².